The van der Waals surface area contributed by atoms with Crippen molar-refractivity contribution in [2.45, 2.75) is 19.4 Å². The molecule has 2 aromatic rings. The summed E-state index contributed by atoms with van der Waals surface area (Å²) in [4.78, 5) is 4.46. The van der Waals surface area contributed by atoms with Gasteiger partial charge in [-0.25, -0.2) is 4.39 Å². The average Bonchev–Trinajstić information content (AvgIpc) is 2.72. The maximum absolute atomic E-state index is 13.6. The Morgan fingerprint density at radius 3 is 2.82 bits per heavy atom. The van der Waals surface area contributed by atoms with Gasteiger partial charge in [0.05, 0.1) is 5.69 Å². The summed E-state index contributed by atoms with van der Waals surface area (Å²) >= 11 is 0. The van der Waals surface area contributed by atoms with E-state index in [1.165, 1.54) is 23.3 Å². The number of nitrogens with one attached hydrogen (secondary N) is 1. The molecule has 4 heteroatoms. The van der Waals surface area contributed by atoms with Crippen molar-refractivity contribution in [3.63, 3.8) is 0 Å². The molecule has 0 amide bonds. The number of halogens is 1. The number of rotatable bonds is 0. The molecule has 112 valence electrons. The minimum Gasteiger partial charge on any atom is -0.487 e. The van der Waals surface area contributed by atoms with Crippen molar-refractivity contribution in [2.24, 2.45) is 0 Å². The molecular weight excluding hydrogens is 279 g/mol. The molecule has 2 aliphatic heterocycles. The second-order valence-corrected chi connectivity index (χ2v) is 5.66. The van der Waals surface area contributed by atoms with Crippen LogP contribution in [0.5, 0.6) is 5.75 Å². The molecule has 1 saturated heterocycles. The number of benzene rings is 1. The molecule has 3 nitrogen and oxygen atoms in total. The topological polar surface area (TPSA) is 34.1 Å². The molecule has 0 atom stereocenters. The fraction of sp³-hybridized carbons (Fsp3) is 0.278. The monoisotopic (exact) mass is 296 g/mol. The Kier molecular flexibility index (Phi) is 3.39. The zero-order chi connectivity index (χ0) is 14.9. The first-order valence-corrected chi connectivity index (χ1v) is 7.62. The van der Waals surface area contributed by atoms with Crippen molar-refractivity contribution in [3.8, 4) is 5.75 Å². The van der Waals surface area contributed by atoms with Gasteiger partial charge in [0.1, 0.15) is 18.2 Å². The van der Waals surface area contributed by atoms with Crippen molar-refractivity contribution in [3.05, 3.63) is 64.7 Å². The van der Waals surface area contributed by atoms with Gasteiger partial charge in [-0.2, -0.15) is 0 Å². The number of nitrogens with zero attached hydrogens (tertiary/aromatic N) is 1. The van der Waals surface area contributed by atoms with Gasteiger partial charge in [0, 0.05) is 23.4 Å². The SMILES string of the molecule is Fc1ccc2c(c1)OCc1ncccc1C2=C1CCNCC1. The third-order valence-electron chi connectivity index (χ3n) is 4.30. The summed E-state index contributed by atoms with van der Waals surface area (Å²) in [6.07, 6.45) is 3.78. The van der Waals surface area contributed by atoms with Crippen LogP contribution in [0.2, 0.25) is 0 Å². The predicted octanol–water partition coefficient (Wildman–Crippen LogP) is 3.30. The third kappa shape index (κ3) is 2.29. The van der Waals surface area contributed by atoms with Gasteiger partial charge in [0.25, 0.3) is 0 Å². The van der Waals surface area contributed by atoms with Gasteiger partial charge in [-0.3, -0.25) is 4.98 Å². The van der Waals surface area contributed by atoms with Gasteiger partial charge >= 0.3 is 0 Å². The molecule has 0 radical (unpaired) electrons. The van der Waals surface area contributed by atoms with Crippen LogP contribution in [0.3, 0.4) is 0 Å². The Labute approximate surface area is 128 Å². The van der Waals surface area contributed by atoms with Crippen molar-refractivity contribution < 1.29 is 9.13 Å². The second-order valence-electron chi connectivity index (χ2n) is 5.66. The van der Waals surface area contributed by atoms with E-state index in [-0.39, 0.29) is 5.82 Å². The summed E-state index contributed by atoms with van der Waals surface area (Å²) in [5, 5.41) is 3.39. The van der Waals surface area contributed by atoms with Crippen LogP contribution in [-0.4, -0.2) is 18.1 Å². The molecule has 3 heterocycles. The number of pyridine rings is 1. The maximum atomic E-state index is 13.6. The Hall–Kier alpha value is -2.20. The van der Waals surface area contributed by atoms with Gasteiger partial charge in [-0.15, -0.1) is 0 Å². The standard InChI is InChI=1S/C18H17FN2O/c19-13-3-4-15-17(10-13)22-11-16-14(2-1-7-21-16)18(15)12-5-8-20-9-6-12/h1-4,7,10,20H,5-6,8-9,11H2. The number of aromatic nitrogens is 1. The minimum absolute atomic E-state index is 0.271. The molecule has 0 saturated carbocycles. The first kappa shape index (κ1) is 13.5. The number of hydrogen-bond acceptors (Lipinski definition) is 3. The van der Waals surface area contributed by atoms with Crippen molar-refractivity contribution in [2.75, 3.05) is 13.1 Å². The first-order valence-electron chi connectivity index (χ1n) is 7.62. The molecule has 0 bridgehead atoms. The number of piperidine rings is 1. The minimum atomic E-state index is -0.271. The molecular formula is C18H17FN2O. The lowest BCUT2D eigenvalue weighted by atomic mass is 9.88. The Bertz CT molecular complexity index is 747. The predicted molar refractivity (Wildman–Crippen MR) is 83.1 cm³/mol. The van der Waals surface area contributed by atoms with Gasteiger partial charge in [0.15, 0.2) is 0 Å². The molecule has 4 rings (SSSR count). The zero-order valence-electron chi connectivity index (χ0n) is 12.2. The van der Waals surface area contributed by atoms with Crippen LogP contribution in [0, 0.1) is 5.82 Å². The van der Waals surface area contributed by atoms with E-state index < -0.39 is 0 Å². The Balaban J connectivity index is 1.98. The van der Waals surface area contributed by atoms with Gasteiger partial charge < -0.3 is 10.1 Å². The molecule has 0 aliphatic carbocycles. The lowest BCUT2D eigenvalue weighted by Gasteiger charge is -2.21. The summed E-state index contributed by atoms with van der Waals surface area (Å²) in [7, 11) is 0. The molecule has 2 aliphatic rings. The molecule has 0 unspecified atom stereocenters. The number of hydrogen-bond donors (Lipinski definition) is 1. The normalized spacial score (nSPS) is 17.3. The third-order valence-corrected chi connectivity index (χ3v) is 4.30. The van der Waals surface area contributed by atoms with E-state index >= 15 is 0 Å². The van der Waals surface area contributed by atoms with E-state index in [1.54, 1.807) is 6.20 Å². The van der Waals surface area contributed by atoms with Crippen LogP contribution in [0.1, 0.15) is 29.7 Å². The first-order chi connectivity index (χ1) is 10.8. The van der Waals surface area contributed by atoms with Crippen molar-refractivity contribution in [1.82, 2.24) is 10.3 Å². The summed E-state index contributed by atoms with van der Waals surface area (Å²) in [6.45, 7) is 2.33. The van der Waals surface area contributed by atoms with E-state index in [4.69, 9.17) is 4.74 Å². The summed E-state index contributed by atoms with van der Waals surface area (Å²) in [5.41, 5.74) is 5.58. The lowest BCUT2D eigenvalue weighted by molar-refractivity contribution is 0.301. The van der Waals surface area contributed by atoms with E-state index in [2.05, 4.69) is 16.4 Å². The number of ether oxygens (including phenoxy) is 1. The number of fused-ring (bicyclic) bond motifs is 2. The fourth-order valence-electron chi connectivity index (χ4n) is 3.25. The Morgan fingerprint density at radius 2 is 1.95 bits per heavy atom. The van der Waals surface area contributed by atoms with E-state index in [9.17, 15) is 4.39 Å². The molecule has 1 N–H and O–H groups in total. The molecule has 0 spiro atoms. The molecule has 1 aromatic carbocycles. The second kappa shape index (κ2) is 5.54. The van der Waals surface area contributed by atoms with Gasteiger partial charge in [-0.05, 0) is 49.7 Å². The molecule has 1 fully saturated rings. The maximum Gasteiger partial charge on any atom is 0.131 e. The smallest absolute Gasteiger partial charge is 0.131 e. The average molecular weight is 296 g/mol. The lowest BCUT2D eigenvalue weighted by Crippen LogP contribution is -2.24. The van der Waals surface area contributed by atoms with Crippen molar-refractivity contribution in [1.29, 1.82) is 0 Å². The molecule has 1 aromatic heterocycles. The zero-order valence-corrected chi connectivity index (χ0v) is 12.2. The van der Waals surface area contributed by atoms with Gasteiger partial charge in [0.2, 0.25) is 0 Å². The van der Waals surface area contributed by atoms with Crippen LogP contribution in [-0.2, 0) is 6.61 Å². The summed E-state index contributed by atoms with van der Waals surface area (Å²) in [5.74, 6) is 0.339. The van der Waals surface area contributed by atoms with Crippen LogP contribution >= 0.6 is 0 Å². The summed E-state index contributed by atoms with van der Waals surface area (Å²) in [6, 6.07) is 8.86. The molecule has 22 heavy (non-hydrogen) atoms. The fourth-order valence-corrected chi connectivity index (χ4v) is 3.25. The van der Waals surface area contributed by atoms with Crippen LogP contribution < -0.4 is 10.1 Å². The highest BCUT2D eigenvalue weighted by Gasteiger charge is 2.24. The van der Waals surface area contributed by atoms with Crippen molar-refractivity contribution >= 4 is 5.57 Å². The van der Waals surface area contributed by atoms with Crippen LogP contribution in [0.25, 0.3) is 5.57 Å². The summed E-state index contributed by atoms with van der Waals surface area (Å²) < 4.78 is 19.4. The highest BCUT2D eigenvalue weighted by atomic mass is 19.1. The quantitative estimate of drug-likeness (QED) is 0.810. The van der Waals surface area contributed by atoms with Gasteiger partial charge in [-0.1, -0.05) is 11.6 Å². The highest BCUT2D eigenvalue weighted by Crippen LogP contribution is 2.40. The van der Waals surface area contributed by atoms with E-state index in [1.807, 2.05) is 12.1 Å². The van der Waals surface area contributed by atoms with E-state index in [0.717, 1.165) is 42.8 Å². The Morgan fingerprint density at radius 1 is 1.09 bits per heavy atom. The largest absolute Gasteiger partial charge is 0.487 e. The van der Waals surface area contributed by atoms with E-state index in [0.29, 0.717) is 12.4 Å². The van der Waals surface area contributed by atoms with Crippen LogP contribution in [0.4, 0.5) is 4.39 Å². The highest BCUT2D eigenvalue weighted by molar-refractivity contribution is 5.86. The van der Waals surface area contributed by atoms with Crippen LogP contribution in [0.15, 0.2) is 42.1 Å².